The van der Waals surface area contributed by atoms with Crippen LogP contribution < -0.4 is 16.2 Å². The molecule has 1 amide bonds. The Balaban J connectivity index is 1.60. The zero-order valence-electron chi connectivity index (χ0n) is 23.3. The fraction of sp³-hybridized carbons (Fsp3) is 0.484. The second-order valence-electron chi connectivity index (χ2n) is 12.0. The predicted octanol–water partition coefficient (Wildman–Crippen LogP) is 4.23. The van der Waals surface area contributed by atoms with E-state index in [-0.39, 0.29) is 47.6 Å². The molecule has 1 saturated carbocycles. The van der Waals surface area contributed by atoms with Crippen molar-refractivity contribution >= 4 is 28.4 Å². The number of hydrogen-bond acceptors (Lipinski definition) is 6. The lowest BCUT2D eigenvalue weighted by atomic mass is 9.94. The third-order valence-electron chi connectivity index (χ3n) is 7.87. The number of aliphatic hydroxyl groups is 2. The van der Waals surface area contributed by atoms with Crippen LogP contribution in [-0.4, -0.2) is 57.8 Å². The van der Waals surface area contributed by atoms with Crippen molar-refractivity contribution in [3.63, 3.8) is 0 Å². The van der Waals surface area contributed by atoms with Crippen molar-refractivity contribution in [1.82, 2.24) is 15.2 Å². The van der Waals surface area contributed by atoms with Crippen molar-refractivity contribution in [3.05, 3.63) is 63.8 Å². The number of nitrogens with one attached hydrogen (secondary N) is 2. The molecule has 0 spiro atoms. The molecular weight excluding hydrogens is 529 g/mol. The number of thioether (sulfide) groups is 1. The van der Waals surface area contributed by atoms with Crippen LogP contribution in [0.15, 0.2) is 46.2 Å². The molecule has 40 heavy (non-hydrogen) atoms. The summed E-state index contributed by atoms with van der Waals surface area (Å²) < 4.78 is 16.7. The van der Waals surface area contributed by atoms with Crippen molar-refractivity contribution in [2.75, 3.05) is 19.8 Å². The first kappa shape index (κ1) is 28.8. The molecule has 2 aromatic carbocycles. The Morgan fingerprint density at radius 3 is 2.65 bits per heavy atom. The number of amides is 1. The minimum Gasteiger partial charge on any atom is -0.396 e. The molecule has 0 unspecified atom stereocenters. The summed E-state index contributed by atoms with van der Waals surface area (Å²) in [7, 11) is 0. The second-order valence-corrected chi connectivity index (χ2v) is 13.3. The summed E-state index contributed by atoms with van der Waals surface area (Å²) in [5.74, 6) is -0.724. The lowest BCUT2D eigenvalue weighted by Crippen LogP contribution is -2.41. The Labute approximate surface area is 238 Å². The average molecular weight is 568 g/mol. The molecule has 5 rings (SSSR count). The van der Waals surface area contributed by atoms with Crippen LogP contribution in [0.5, 0.6) is 0 Å². The number of rotatable bonds is 9. The highest BCUT2D eigenvalue weighted by atomic mass is 32.2. The van der Waals surface area contributed by atoms with Crippen LogP contribution >= 0.6 is 11.8 Å². The summed E-state index contributed by atoms with van der Waals surface area (Å²) in [6, 6.07) is 8.74. The lowest BCUT2D eigenvalue weighted by Gasteiger charge is -2.29. The Bertz CT molecular complexity index is 1480. The van der Waals surface area contributed by atoms with E-state index in [1.807, 2.05) is 32.2 Å². The van der Waals surface area contributed by atoms with E-state index in [4.69, 9.17) is 0 Å². The Hall–Kier alpha value is -2.72. The summed E-state index contributed by atoms with van der Waals surface area (Å²) in [6.07, 6.45) is 5.49. The molecule has 2 fully saturated rings. The van der Waals surface area contributed by atoms with E-state index >= 15 is 4.39 Å². The van der Waals surface area contributed by atoms with E-state index in [0.29, 0.717) is 23.1 Å². The van der Waals surface area contributed by atoms with Gasteiger partial charge in [-0.15, -0.1) is 11.8 Å². The van der Waals surface area contributed by atoms with Gasteiger partial charge in [0.15, 0.2) is 0 Å². The highest BCUT2D eigenvalue weighted by Gasteiger charge is 2.26. The fourth-order valence-corrected chi connectivity index (χ4v) is 6.66. The van der Waals surface area contributed by atoms with Gasteiger partial charge in [-0.05, 0) is 80.1 Å². The first-order chi connectivity index (χ1) is 19.1. The van der Waals surface area contributed by atoms with E-state index in [0.717, 1.165) is 48.1 Å². The van der Waals surface area contributed by atoms with Gasteiger partial charge in [-0.25, -0.2) is 4.39 Å². The molecule has 0 radical (unpaired) electrons. The van der Waals surface area contributed by atoms with E-state index in [9.17, 15) is 19.8 Å². The number of piperidine rings is 1. The molecule has 2 aliphatic rings. The van der Waals surface area contributed by atoms with Gasteiger partial charge in [0.1, 0.15) is 5.82 Å². The molecule has 1 saturated heterocycles. The second kappa shape index (κ2) is 11.6. The third-order valence-corrected chi connectivity index (χ3v) is 9.21. The fourth-order valence-electron chi connectivity index (χ4n) is 5.25. The Kier molecular flexibility index (Phi) is 8.38. The third kappa shape index (κ3) is 6.28. The molecule has 9 heteroatoms. The summed E-state index contributed by atoms with van der Waals surface area (Å²) >= 11 is 1.69. The largest absolute Gasteiger partial charge is 0.396 e. The van der Waals surface area contributed by atoms with Crippen LogP contribution in [0.2, 0.25) is 0 Å². The summed E-state index contributed by atoms with van der Waals surface area (Å²) in [5.41, 5.74) is 1.45. The Morgan fingerprint density at radius 2 is 1.95 bits per heavy atom. The van der Waals surface area contributed by atoms with Crippen LogP contribution in [0, 0.1) is 18.2 Å². The lowest BCUT2D eigenvalue weighted by molar-refractivity contribution is 0.0950. The van der Waals surface area contributed by atoms with E-state index in [1.54, 1.807) is 35.4 Å². The number of nitrogens with zero attached hydrogens (tertiary/aromatic N) is 1. The molecule has 2 atom stereocenters. The van der Waals surface area contributed by atoms with Gasteiger partial charge in [0.05, 0.1) is 6.61 Å². The van der Waals surface area contributed by atoms with Crippen LogP contribution in [0.4, 0.5) is 4.39 Å². The maximum atomic E-state index is 15.0. The van der Waals surface area contributed by atoms with Crippen molar-refractivity contribution in [3.8, 4) is 11.1 Å². The van der Waals surface area contributed by atoms with Crippen molar-refractivity contribution in [1.29, 1.82) is 0 Å². The minimum absolute atomic E-state index is 0.0300. The molecule has 2 heterocycles. The molecule has 214 valence electrons. The maximum Gasteiger partial charge on any atom is 0.258 e. The predicted molar refractivity (Wildman–Crippen MR) is 157 cm³/mol. The van der Waals surface area contributed by atoms with Crippen LogP contribution in [0.25, 0.3) is 21.9 Å². The van der Waals surface area contributed by atoms with Gasteiger partial charge in [0.2, 0.25) is 0 Å². The highest BCUT2D eigenvalue weighted by Crippen LogP contribution is 2.37. The molecule has 1 aromatic heterocycles. The van der Waals surface area contributed by atoms with Crippen molar-refractivity contribution in [2.24, 2.45) is 5.41 Å². The zero-order valence-corrected chi connectivity index (χ0v) is 24.1. The van der Waals surface area contributed by atoms with E-state index < -0.39 is 11.2 Å². The Morgan fingerprint density at radius 1 is 1.18 bits per heavy atom. The summed E-state index contributed by atoms with van der Waals surface area (Å²) in [6.45, 7) is 6.72. The molecule has 0 bridgehead atoms. The molecule has 7 nitrogen and oxygen atoms in total. The van der Waals surface area contributed by atoms with E-state index in [2.05, 4.69) is 10.6 Å². The van der Waals surface area contributed by atoms with Crippen molar-refractivity contribution < 1.29 is 19.4 Å². The van der Waals surface area contributed by atoms with Gasteiger partial charge in [-0.1, -0.05) is 19.9 Å². The zero-order chi connectivity index (χ0) is 28.6. The number of pyridine rings is 1. The van der Waals surface area contributed by atoms with Gasteiger partial charge in [-0.2, -0.15) is 0 Å². The van der Waals surface area contributed by atoms with Crippen LogP contribution in [0.1, 0.15) is 55.5 Å². The van der Waals surface area contributed by atoms with Crippen molar-refractivity contribution in [2.45, 2.75) is 75.2 Å². The van der Waals surface area contributed by atoms with Crippen LogP contribution in [-0.2, 0) is 6.54 Å². The number of carbonyl (C=O) groups excluding carboxylic acids is 1. The average Bonchev–Trinajstić information content (AvgIpc) is 3.76. The standard InChI is InChI=1S/C31H38FN3O4S/c1-18-25(11-20(12-27(18)32)29(38)34-21-5-6-21)19-4-7-24-26(10-19)28(40-23-8-9-33-22(13-23)15-36)14-35(30(24)39)16-31(2,3)17-37/h4,7,10-12,14,21-23,33,36-37H,5-6,8-9,13,15-17H2,1-3H3,(H,34,38)/t22-,23-/m0/s1. The molecule has 4 N–H and O–H groups in total. The van der Waals surface area contributed by atoms with Gasteiger partial charge >= 0.3 is 0 Å². The van der Waals surface area contributed by atoms with Crippen LogP contribution in [0.3, 0.4) is 0 Å². The first-order valence-corrected chi connectivity index (χ1v) is 14.9. The SMILES string of the molecule is Cc1c(F)cc(C(=O)NC2CC2)cc1-c1ccc2c(=O)n(CC(C)(C)CO)cc(S[C@H]3CCN[C@H](CO)C3)c2c1. The number of fused-ring (bicyclic) bond motifs is 1. The minimum atomic E-state index is -0.480. The summed E-state index contributed by atoms with van der Waals surface area (Å²) in [4.78, 5) is 27.3. The normalized spacial score (nSPS) is 19.6. The number of aliphatic hydroxyl groups excluding tert-OH is 2. The number of benzene rings is 2. The van der Waals surface area contributed by atoms with E-state index in [1.165, 1.54) is 6.07 Å². The number of hydrogen-bond donors (Lipinski definition) is 4. The number of aromatic nitrogens is 1. The van der Waals surface area contributed by atoms with Gasteiger partial charge < -0.3 is 25.4 Å². The maximum absolute atomic E-state index is 15.0. The van der Waals surface area contributed by atoms with Gasteiger partial charge in [0.25, 0.3) is 11.5 Å². The number of halogens is 1. The molecule has 1 aliphatic heterocycles. The first-order valence-electron chi connectivity index (χ1n) is 14.0. The highest BCUT2D eigenvalue weighted by molar-refractivity contribution is 8.00. The number of carbonyl (C=O) groups is 1. The monoisotopic (exact) mass is 567 g/mol. The summed E-state index contributed by atoms with van der Waals surface area (Å²) in [5, 5.41) is 27.4. The smallest absolute Gasteiger partial charge is 0.258 e. The topological polar surface area (TPSA) is 104 Å². The quantitative estimate of drug-likeness (QED) is 0.309. The van der Waals surface area contributed by atoms with Gasteiger partial charge in [0, 0.05) is 63.3 Å². The molecule has 1 aliphatic carbocycles. The molecule has 3 aromatic rings. The van der Waals surface area contributed by atoms with Gasteiger partial charge in [-0.3, -0.25) is 9.59 Å². The molecular formula is C31H38FN3O4S.